The highest BCUT2D eigenvalue weighted by Gasteiger charge is 2.41. The zero-order valence-electron chi connectivity index (χ0n) is 46.7. The van der Waals surface area contributed by atoms with Gasteiger partial charge in [-0.3, -0.25) is 47.9 Å². The Morgan fingerprint density at radius 3 is 2.00 bits per heavy atom. The lowest BCUT2D eigenvalue weighted by Gasteiger charge is -2.37. The number of fused-ring (bicyclic) bond motifs is 1. The maximum Gasteiger partial charge on any atom is 0.246 e. The number of aromatic amines is 1. The minimum atomic E-state index is -1.99. The van der Waals surface area contributed by atoms with Gasteiger partial charge >= 0.3 is 0 Å². The molecule has 0 aliphatic carbocycles. The van der Waals surface area contributed by atoms with E-state index in [1.165, 1.54) is 24.3 Å². The summed E-state index contributed by atoms with van der Waals surface area (Å²) in [6, 6.07) is 1.22. The first-order valence-corrected chi connectivity index (χ1v) is 27.7. The molecule has 10 amide bonds. The highest BCUT2D eigenvalue weighted by Crippen LogP contribution is 2.25. The summed E-state index contributed by atoms with van der Waals surface area (Å²) in [4.78, 5) is 140. The van der Waals surface area contributed by atoms with Crippen LogP contribution in [0, 0.1) is 0 Å². The summed E-state index contributed by atoms with van der Waals surface area (Å²) in [5.74, 6) is -11.3. The maximum absolute atomic E-state index is 14.9. The number of nitrogens with two attached hydrogens (primary N) is 3. The molecule has 3 heterocycles. The number of rotatable bonds is 19. The number of aromatic hydroxyl groups is 1. The summed E-state index contributed by atoms with van der Waals surface area (Å²) < 4.78 is 17.8. The molecular formula is C54H78N12O19. The van der Waals surface area contributed by atoms with Gasteiger partial charge in [0.25, 0.3) is 0 Å². The number of phenols is 1. The summed E-state index contributed by atoms with van der Waals surface area (Å²) in [5.41, 5.74) is 17.7. The predicted molar refractivity (Wildman–Crippen MR) is 297 cm³/mol. The van der Waals surface area contributed by atoms with Crippen LogP contribution >= 0.6 is 0 Å². The first-order chi connectivity index (χ1) is 40.5. The van der Waals surface area contributed by atoms with Gasteiger partial charge in [0.1, 0.15) is 66.4 Å². The van der Waals surface area contributed by atoms with E-state index in [-0.39, 0.29) is 50.1 Å². The molecule has 2 saturated heterocycles. The number of H-pyrrole nitrogens is 1. The number of nitrogens with one attached hydrogen (secondary N) is 9. The van der Waals surface area contributed by atoms with Gasteiger partial charge in [-0.25, -0.2) is 0 Å². The fourth-order valence-corrected chi connectivity index (χ4v) is 9.23. The summed E-state index contributed by atoms with van der Waals surface area (Å²) >= 11 is 0. The second-order valence-electron chi connectivity index (χ2n) is 20.6. The SMILES string of the molecule is CCCCOC1CNC(=O)[C@H](CC(N)=O)NC(=O)[C@H](CO)NC(=O)[C@H](CC(N)=O)NC(=O)CNC(=O)[C@H](CCCCN)NC(=O)[C@H](C(O)c2ccc(O)cc2)NC(=O)[C@H](Cc2c[nH]c3ccccc23)NC(=O)CC(OC2OC[C@@H](O)[C@H](O)[C@H]2O)C1. The number of aliphatic hydroxyl groups is 5. The number of para-hydroxylation sites is 1. The third kappa shape index (κ3) is 21.0. The molecule has 13 atom stereocenters. The van der Waals surface area contributed by atoms with E-state index in [4.69, 9.17) is 31.4 Å². The van der Waals surface area contributed by atoms with E-state index in [0.717, 1.165) is 0 Å². The Morgan fingerprint density at radius 1 is 0.706 bits per heavy atom. The van der Waals surface area contributed by atoms with Gasteiger partial charge in [0.15, 0.2) is 6.29 Å². The van der Waals surface area contributed by atoms with E-state index in [9.17, 15) is 78.6 Å². The largest absolute Gasteiger partial charge is 0.508 e. The lowest BCUT2D eigenvalue weighted by Crippen LogP contribution is -2.60. The molecule has 1 aromatic heterocycles. The van der Waals surface area contributed by atoms with Crippen molar-refractivity contribution in [1.82, 2.24) is 47.5 Å². The molecule has 0 saturated carbocycles. The van der Waals surface area contributed by atoms with Crippen LogP contribution in [0.15, 0.2) is 54.7 Å². The topological polar surface area (TPSA) is 510 Å². The summed E-state index contributed by atoms with van der Waals surface area (Å²) in [6.07, 6.45) is -11.3. The molecule has 2 aliphatic rings. The van der Waals surface area contributed by atoms with Crippen molar-refractivity contribution >= 4 is 70.0 Å². The van der Waals surface area contributed by atoms with Crippen molar-refractivity contribution in [1.29, 1.82) is 0 Å². The molecule has 2 fully saturated rings. The molecule has 31 nitrogen and oxygen atoms in total. The zero-order valence-corrected chi connectivity index (χ0v) is 46.7. The number of aliphatic hydroxyl groups excluding tert-OH is 5. The van der Waals surface area contributed by atoms with E-state index in [1.807, 2.05) is 6.92 Å². The van der Waals surface area contributed by atoms with Crippen LogP contribution in [0.2, 0.25) is 0 Å². The van der Waals surface area contributed by atoms with Crippen molar-refractivity contribution in [2.45, 2.75) is 150 Å². The molecule has 21 N–H and O–H groups in total. The summed E-state index contributed by atoms with van der Waals surface area (Å²) in [7, 11) is 0. The number of amides is 10. The first-order valence-electron chi connectivity index (χ1n) is 27.7. The van der Waals surface area contributed by atoms with E-state index >= 15 is 0 Å². The number of unbranched alkanes of at least 4 members (excludes halogenated alkanes) is 2. The van der Waals surface area contributed by atoms with Crippen molar-refractivity contribution in [3.63, 3.8) is 0 Å². The number of hydrogen-bond acceptors (Lipinski definition) is 20. The Bertz CT molecular complexity index is 2770. The Balaban J connectivity index is 1.62. The van der Waals surface area contributed by atoms with Gasteiger partial charge in [-0.2, -0.15) is 0 Å². The van der Waals surface area contributed by atoms with Gasteiger partial charge < -0.3 is 110 Å². The molecule has 4 unspecified atom stereocenters. The van der Waals surface area contributed by atoms with Gasteiger partial charge in [-0.15, -0.1) is 0 Å². The smallest absolute Gasteiger partial charge is 0.246 e. The van der Waals surface area contributed by atoms with Crippen LogP contribution in [0.5, 0.6) is 5.75 Å². The van der Waals surface area contributed by atoms with Crippen LogP contribution in [-0.4, -0.2) is 207 Å². The molecule has 5 rings (SSSR count). The zero-order chi connectivity index (χ0) is 62.3. The Kier molecular flexibility index (Phi) is 26.8. The molecule has 85 heavy (non-hydrogen) atoms. The molecule has 31 heteroatoms. The van der Waals surface area contributed by atoms with Crippen LogP contribution in [0.1, 0.15) is 81.9 Å². The number of primary amides is 2. The first kappa shape index (κ1) is 67.9. The number of hydrogen-bond donors (Lipinski definition) is 18. The second kappa shape index (κ2) is 33.6. The second-order valence-corrected chi connectivity index (χ2v) is 20.6. The molecule has 3 aromatic rings. The van der Waals surface area contributed by atoms with Crippen LogP contribution in [0.4, 0.5) is 0 Å². The van der Waals surface area contributed by atoms with Gasteiger partial charge in [-0.1, -0.05) is 43.7 Å². The lowest BCUT2D eigenvalue weighted by molar-refractivity contribution is -0.284. The molecule has 0 radical (unpaired) electrons. The lowest BCUT2D eigenvalue weighted by atomic mass is 9.98. The minimum Gasteiger partial charge on any atom is -0.508 e. The quantitative estimate of drug-likeness (QED) is 0.0497. The van der Waals surface area contributed by atoms with Crippen LogP contribution in [0.25, 0.3) is 10.9 Å². The van der Waals surface area contributed by atoms with Crippen LogP contribution in [-0.2, 0) is 68.6 Å². The van der Waals surface area contributed by atoms with Crippen LogP contribution in [0.3, 0.4) is 0 Å². The van der Waals surface area contributed by atoms with Crippen molar-refractivity contribution < 1.29 is 92.8 Å². The van der Waals surface area contributed by atoms with Gasteiger partial charge in [0.2, 0.25) is 59.1 Å². The average molecular weight is 1200 g/mol. The third-order valence-corrected chi connectivity index (χ3v) is 13.9. The number of carbonyl (C=O) groups is 10. The maximum atomic E-state index is 14.9. The molecule has 2 aromatic carbocycles. The summed E-state index contributed by atoms with van der Waals surface area (Å²) in [5, 5.41) is 83.9. The number of carbonyl (C=O) groups excluding carboxylic acids is 10. The number of ether oxygens (including phenoxy) is 3. The molecule has 468 valence electrons. The van der Waals surface area contributed by atoms with Gasteiger partial charge in [0, 0.05) is 43.1 Å². The predicted octanol–water partition coefficient (Wildman–Crippen LogP) is -6.03. The van der Waals surface area contributed by atoms with Gasteiger partial charge in [0.05, 0.1) is 51.2 Å². The standard InChI is InChI=1S/C54H78N12O19/c1-2-3-16-83-31-18-30(85-54-47(76)46(75)39(69)26-84-54)19-42(72)61-35(17-28-22-58-33-9-5-4-8-32(28)33)51(80)66-44(45(74)27-11-13-29(68)14-12-27)53(82)63-34(10-6-7-15-55)48(77)60-24-43(73)62-37(21-41(57)71)50(79)65-38(25-67)52(81)64-36(20-40(56)70)49(78)59-23-31/h4-5,8-9,11-14,22,30-31,34-39,44-47,54,58,67-69,74-76H,2-3,6-7,10,15-21,23-26,55H2,1H3,(H2,56,70)(H2,57,71)(H,59,78)(H,60,77)(H,61,72)(H,62,73)(H,63,82)(H,64,81)(H,65,79)(H,66,80)/t30?,31?,34-,35-,36-,37-,38-,39+,44-,45?,46-,47+,54?/m0/s1. The highest BCUT2D eigenvalue weighted by molar-refractivity contribution is 5.99. The van der Waals surface area contributed by atoms with Crippen molar-refractivity contribution in [3.8, 4) is 5.75 Å². The Morgan fingerprint density at radius 2 is 1.33 bits per heavy atom. The van der Waals surface area contributed by atoms with E-state index in [0.29, 0.717) is 35.7 Å². The number of benzene rings is 2. The number of aromatic nitrogens is 1. The Labute approximate surface area is 487 Å². The van der Waals surface area contributed by atoms with E-state index in [2.05, 4.69) is 47.5 Å². The van der Waals surface area contributed by atoms with Gasteiger partial charge in [-0.05, 0) is 61.6 Å². The van der Waals surface area contributed by atoms with E-state index < -0.39 is 184 Å². The van der Waals surface area contributed by atoms with Crippen molar-refractivity contribution in [2.24, 2.45) is 17.2 Å². The average Bonchev–Trinajstić information content (AvgIpc) is 4.03. The van der Waals surface area contributed by atoms with Crippen LogP contribution < -0.4 is 59.7 Å². The third-order valence-electron chi connectivity index (χ3n) is 13.9. The monoisotopic (exact) mass is 1200 g/mol. The fourth-order valence-electron chi connectivity index (χ4n) is 9.23. The number of phenolic OH excluding ortho intramolecular Hbond substituents is 1. The molecule has 0 spiro atoms. The van der Waals surface area contributed by atoms with Crippen molar-refractivity contribution in [2.75, 3.05) is 39.5 Å². The minimum absolute atomic E-state index is 0.0113. The Hall–Kier alpha value is -7.88. The fraction of sp³-hybridized carbons (Fsp3) is 0.556. The highest BCUT2D eigenvalue weighted by atomic mass is 16.7. The van der Waals surface area contributed by atoms with Crippen molar-refractivity contribution in [3.05, 3.63) is 65.9 Å². The van der Waals surface area contributed by atoms with E-state index in [1.54, 1.807) is 30.5 Å². The summed E-state index contributed by atoms with van der Waals surface area (Å²) in [6.45, 7) is -0.980. The molecular weight excluding hydrogens is 1120 g/mol. The molecule has 2 aliphatic heterocycles. The molecule has 0 bridgehead atoms. The normalized spacial score (nSPS) is 27.3.